The predicted octanol–water partition coefficient (Wildman–Crippen LogP) is 2.86. The number of Topliss-reactive ketones (excluding diaryl/α,β-unsaturated/α-hetero) is 1. The summed E-state index contributed by atoms with van der Waals surface area (Å²) in [7, 11) is 0. The van der Waals surface area contributed by atoms with Crippen molar-refractivity contribution in [1.29, 1.82) is 0 Å². The Morgan fingerprint density at radius 2 is 1.90 bits per heavy atom. The number of carbonyl (C=O) groups excluding carboxylic acids is 2. The SMILES string of the molecule is CC(=O)C1=C(NC(=O)Cc2ccccc2)C[C@@H]2[C@H]1C2(C)C. The summed E-state index contributed by atoms with van der Waals surface area (Å²) >= 11 is 0. The molecule has 1 saturated carbocycles. The van der Waals surface area contributed by atoms with Gasteiger partial charge in [0.2, 0.25) is 5.91 Å². The first kappa shape index (κ1) is 14.1. The van der Waals surface area contributed by atoms with Gasteiger partial charge in [0.25, 0.3) is 0 Å². The minimum absolute atomic E-state index is 0.0333. The van der Waals surface area contributed by atoms with E-state index in [1.165, 1.54) is 0 Å². The zero-order valence-corrected chi connectivity index (χ0v) is 12.8. The summed E-state index contributed by atoms with van der Waals surface area (Å²) in [4.78, 5) is 24.1. The average molecular weight is 283 g/mol. The maximum Gasteiger partial charge on any atom is 0.228 e. The number of ketones is 1. The lowest BCUT2D eigenvalue weighted by Gasteiger charge is -2.15. The van der Waals surface area contributed by atoms with Crippen molar-refractivity contribution < 1.29 is 9.59 Å². The molecule has 0 aromatic heterocycles. The number of fused-ring (bicyclic) bond motifs is 1. The molecule has 3 nitrogen and oxygen atoms in total. The van der Waals surface area contributed by atoms with Gasteiger partial charge in [0.05, 0.1) is 6.42 Å². The van der Waals surface area contributed by atoms with Crippen LogP contribution >= 0.6 is 0 Å². The van der Waals surface area contributed by atoms with Gasteiger partial charge in [0, 0.05) is 11.3 Å². The first-order valence-corrected chi connectivity index (χ1v) is 7.49. The van der Waals surface area contributed by atoms with Crippen LogP contribution in [0.2, 0.25) is 0 Å². The molecular weight excluding hydrogens is 262 g/mol. The highest BCUT2D eigenvalue weighted by atomic mass is 16.1. The molecule has 0 unspecified atom stereocenters. The Balaban J connectivity index is 1.72. The number of hydrogen-bond donors (Lipinski definition) is 1. The first-order chi connectivity index (χ1) is 9.91. The maximum atomic E-state index is 12.2. The normalized spacial score (nSPS) is 25.5. The number of hydrogen-bond acceptors (Lipinski definition) is 2. The molecule has 21 heavy (non-hydrogen) atoms. The molecule has 3 heteroatoms. The molecule has 0 bridgehead atoms. The molecule has 110 valence electrons. The van der Waals surface area contributed by atoms with E-state index in [4.69, 9.17) is 0 Å². The Bertz CT molecular complexity index is 628. The molecule has 0 radical (unpaired) electrons. The molecule has 1 fully saturated rings. The Kier molecular flexibility index (Phi) is 3.23. The van der Waals surface area contributed by atoms with Crippen LogP contribution in [-0.4, -0.2) is 11.7 Å². The first-order valence-electron chi connectivity index (χ1n) is 7.49. The summed E-state index contributed by atoms with van der Waals surface area (Å²) in [5.74, 6) is 0.919. The van der Waals surface area contributed by atoms with Crippen LogP contribution in [-0.2, 0) is 16.0 Å². The monoisotopic (exact) mass is 283 g/mol. The quantitative estimate of drug-likeness (QED) is 0.923. The fraction of sp³-hybridized carbons (Fsp3) is 0.444. The number of nitrogens with one attached hydrogen (secondary N) is 1. The fourth-order valence-electron chi connectivity index (χ4n) is 3.76. The second-order valence-electron chi connectivity index (χ2n) is 6.77. The molecule has 0 saturated heterocycles. The van der Waals surface area contributed by atoms with E-state index in [0.29, 0.717) is 18.3 Å². The molecule has 1 amide bonds. The van der Waals surface area contributed by atoms with E-state index in [1.54, 1.807) is 6.92 Å². The minimum Gasteiger partial charge on any atom is -0.329 e. The van der Waals surface area contributed by atoms with Gasteiger partial charge < -0.3 is 5.32 Å². The van der Waals surface area contributed by atoms with Crippen molar-refractivity contribution >= 4 is 11.7 Å². The maximum absolute atomic E-state index is 12.2. The number of carbonyl (C=O) groups is 2. The second-order valence-corrected chi connectivity index (χ2v) is 6.77. The molecule has 3 rings (SSSR count). The summed E-state index contributed by atoms with van der Waals surface area (Å²) in [5, 5.41) is 2.98. The van der Waals surface area contributed by atoms with Crippen LogP contribution in [0.4, 0.5) is 0 Å². The van der Waals surface area contributed by atoms with Gasteiger partial charge in [-0.3, -0.25) is 9.59 Å². The Hall–Kier alpha value is -1.90. The van der Waals surface area contributed by atoms with Gasteiger partial charge in [-0.15, -0.1) is 0 Å². The number of allylic oxidation sites excluding steroid dienone is 2. The van der Waals surface area contributed by atoms with Crippen LogP contribution in [0, 0.1) is 17.3 Å². The highest BCUT2D eigenvalue weighted by molar-refractivity contribution is 5.97. The molecule has 1 aromatic rings. The van der Waals surface area contributed by atoms with E-state index in [-0.39, 0.29) is 17.1 Å². The van der Waals surface area contributed by atoms with Gasteiger partial charge in [-0.2, -0.15) is 0 Å². The van der Waals surface area contributed by atoms with Crippen LogP contribution in [0.3, 0.4) is 0 Å². The molecule has 2 aliphatic carbocycles. The van der Waals surface area contributed by atoms with Crippen LogP contribution in [0.25, 0.3) is 0 Å². The van der Waals surface area contributed by atoms with E-state index in [2.05, 4.69) is 19.2 Å². The Morgan fingerprint density at radius 3 is 2.52 bits per heavy atom. The van der Waals surface area contributed by atoms with Crippen molar-refractivity contribution in [3.63, 3.8) is 0 Å². The number of amides is 1. The van der Waals surface area contributed by atoms with Crippen molar-refractivity contribution in [3.8, 4) is 0 Å². The van der Waals surface area contributed by atoms with Crippen LogP contribution in [0.5, 0.6) is 0 Å². The van der Waals surface area contributed by atoms with E-state index in [0.717, 1.165) is 23.3 Å². The van der Waals surface area contributed by atoms with E-state index < -0.39 is 0 Å². The lowest BCUT2D eigenvalue weighted by molar-refractivity contribution is -0.119. The second kappa shape index (κ2) is 4.83. The molecule has 0 spiro atoms. The predicted molar refractivity (Wildman–Crippen MR) is 81.4 cm³/mol. The highest BCUT2D eigenvalue weighted by Crippen LogP contribution is 2.68. The third kappa shape index (κ3) is 2.41. The van der Waals surface area contributed by atoms with Crippen LogP contribution < -0.4 is 5.32 Å². The standard InChI is InChI=1S/C18H21NO2/c1-11(20)16-14(10-13-17(16)18(13,2)3)19-15(21)9-12-7-5-4-6-8-12/h4-8,13,17H,9-10H2,1-3H3,(H,19,21)/t13-,17-/m1/s1. The molecule has 1 N–H and O–H groups in total. The van der Waals surface area contributed by atoms with E-state index in [9.17, 15) is 9.59 Å². The van der Waals surface area contributed by atoms with Crippen molar-refractivity contribution in [3.05, 3.63) is 47.2 Å². The summed E-state index contributed by atoms with van der Waals surface area (Å²) in [5.41, 5.74) is 2.92. The summed E-state index contributed by atoms with van der Waals surface area (Å²) in [6, 6.07) is 9.67. The lowest BCUT2D eigenvalue weighted by atomic mass is 9.96. The van der Waals surface area contributed by atoms with Crippen molar-refractivity contribution in [1.82, 2.24) is 5.32 Å². The van der Waals surface area contributed by atoms with Gasteiger partial charge in [-0.1, -0.05) is 44.2 Å². The topological polar surface area (TPSA) is 46.2 Å². The molecule has 2 atom stereocenters. The van der Waals surface area contributed by atoms with Gasteiger partial charge in [0.1, 0.15) is 0 Å². The number of benzene rings is 1. The Morgan fingerprint density at radius 1 is 1.24 bits per heavy atom. The zero-order chi connectivity index (χ0) is 15.2. The van der Waals surface area contributed by atoms with E-state index >= 15 is 0 Å². The third-order valence-corrected chi connectivity index (χ3v) is 4.99. The van der Waals surface area contributed by atoms with E-state index in [1.807, 2.05) is 30.3 Å². The lowest BCUT2D eigenvalue weighted by Crippen LogP contribution is -2.27. The van der Waals surface area contributed by atoms with Gasteiger partial charge in [-0.05, 0) is 36.2 Å². The van der Waals surface area contributed by atoms with Crippen molar-refractivity contribution in [2.75, 3.05) is 0 Å². The van der Waals surface area contributed by atoms with Crippen molar-refractivity contribution in [2.24, 2.45) is 17.3 Å². The Labute approximate surface area is 125 Å². The molecule has 0 heterocycles. The highest BCUT2D eigenvalue weighted by Gasteiger charge is 2.63. The smallest absolute Gasteiger partial charge is 0.228 e. The molecule has 2 aliphatic rings. The molecule has 1 aromatic carbocycles. The summed E-state index contributed by atoms with van der Waals surface area (Å²) < 4.78 is 0. The van der Waals surface area contributed by atoms with Gasteiger partial charge in [0.15, 0.2) is 5.78 Å². The average Bonchev–Trinajstić information content (AvgIpc) is 2.79. The summed E-state index contributed by atoms with van der Waals surface area (Å²) in [6.45, 7) is 6.01. The molecular formula is C18H21NO2. The largest absolute Gasteiger partial charge is 0.329 e. The minimum atomic E-state index is -0.0333. The van der Waals surface area contributed by atoms with Crippen molar-refractivity contribution in [2.45, 2.75) is 33.6 Å². The van der Waals surface area contributed by atoms with Crippen LogP contribution in [0.1, 0.15) is 32.8 Å². The third-order valence-electron chi connectivity index (χ3n) is 4.99. The fourth-order valence-corrected chi connectivity index (χ4v) is 3.76. The number of rotatable bonds is 4. The van der Waals surface area contributed by atoms with Gasteiger partial charge >= 0.3 is 0 Å². The molecule has 0 aliphatic heterocycles. The summed E-state index contributed by atoms with van der Waals surface area (Å²) in [6.07, 6.45) is 1.18. The zero-order valence-electron chi connectivity index (χ0n) is 12.8. The van der Waals surface area contributed by atoms with Crippen LogP contribution in [0.15, 0.2) is 41.6 Å². The van der Waals surface area contributed by atoms with Gasteiger partial charge in [-0.25, -0.2) is 0 Å².